The van der Waals surface area contributed by atoms with Crippen LogP contribution in [0.5, 0.6) is 0 Å². The monoisotopic (exact) mass is 358 g/mol. The molecule has 0 saturated carbocycles. The summed E-state index contributed by atoms with van der Waals surface area (Å²) in [6.45, 7) is 2.07. The number of benzene rings is 1. The molecule has 3 atom stereocenters. The van der Waals surface area contributed by atoms with Crippen molar-refractivity contribution in [1.82, 2.24) is 9.55 Å². The highest BCUT2D eigenvalue weighted by Crippen LogP contribution is 2.27. The van der Waals surface area contributed by atoms with Crippen LogP contribution in [0.2, 0.25) is 0 Å². The van der Waals surface area contributed by atoms with Crippen molar-refractivity contribution in [1.29, 1.82) is 0 Å². The molecule has 1 saturated heterocycles. The van der Waals surface area contributed by atoms with Gasteiger partial charge in [0.2, 0.25) is 0 Å². The first-order valence-corrected chi connectivity index (χ1v) is 8.55. The Morgan fingerprint density at radius 3 is 2.77 bits per heavy atom. The van der Waals surface area contributed by atoms with Crippen LogP contribution in [0.3, 0.4) is 0 Å². The Labute approximate surface area is 150 Å². The van der Waals surface area contributed by atoms with Crippen molar-refractivity contribution in [3.63, 3.8) is 0 Å². The maximum Gasteiger partial charge on any atom is 0.351 e. The largest absolute Gasteiger partial charge is 0.390 e. The molecule has 2 heterocycles. The minimum Gasteiger partial charge on any atom is -0.390 e. The second-order valence-electron chi connectivity index (χ2n) is 6.15. The molecule has 4 N–H and O–H groups in total. The molecule has 1 aromatic heterocycles. The lowest BCUT2D eigenvalue weighted by atomic mass is 10.2. The molecule has 1 amide bonds. The third-order valence-electron chi connectivity index (χ3n) is 4.42. The van der Waals surface area contributed by atoms with Crippen LogP contribution in [0.1, 0.15) is 35.5 Å². The Balaban J connectivity index is 1.86. The Kier molecular flexibility index (Phi) is 5.46. The van der Waals surface area contributed by atoms with Gasteiger partial charge in [0.25, 0.3) is 5.91 Å². The lowest BCUT2D eigenvalue weighted by Gasteiger charge is -2.17. The topological polar surface area (TPSA) is 119 Å². The molecule has 0 spiro atoms. The fraction of sp³-hybridized carbons (Fsp3) is 0.389. The molecule has 0 bridgehead atoms. The Hall–Kier alpha value is -2.55. The number of ether oxygens (including phenoxy) is 1. The fourth-order valence-electron chi connectivity index (χ4n) is 2.95. The van der Waals surface area contributed by atoms with E-state index in [4.69, 9.17) is 10.5 Å². The van der Waals surface area contributed by atoms with Gasteiger partial charge in [-0.05, 0) is 18.6 Å². The number of carbonyl (C=O) groups is 1. The SMILES string of the molecule is CCc1cn([C@H]2CC(O)[C@@H](CN)O2)c(=O)nc1NC(=O)c1ccccc1. The molecular formula is C18H22N4O4. The van der Waals surface area contributed by atoms with E-state index in [1.165, 1.54) is 4.57 Å². The van der Waals surface area contributed by atoms with Gasteiger partial charge in [0.15, 0.2) is 0 Å². The number of anilines is 1. The number of nitrogens with one attached hydrogen (secondary N) is 1. The summed E-state index contributed by atoms with van der Waals surface area (Å²) in [4.78, 5) is 28.8. The van der Waals surface area contributed by atoms with Gasteiger partial charge in [0.1, 0.15) is 12.0 Å². The van der Waals surface area contributed by atoms with Crippen LogP contribution in [-0.4, -0.2) is 39.3 Å². The van der Waals surface area contributed by atoms with E-state index in [0.29, 0.717) is 17.5 Å². The molecular weight excluding hydrogens is 336 g/mol. The van der Waals surface area contributed by atoms with Gasteiger partial charge in [0.05, 0.1) is 12.2 Å². The van der Waals surface area contributed by atoms with Crippen LogP contribution in [-0.2, 0) is 11.2 Å². The van der Waals surface area contributed by atoms with E-state index in [0.717, 1.165) is 0 Å². The van der Waals surface area contributed by atoms with Crippen LogP contribution in [0, 0.1) is 0 Å². The summed E-state index contributed by atoms with van der Waals surface area (Å²) in [5.41, 5.74) is 6.18. The fourth-order valence-corrected chi connectivity index (χ4v) is 2.95. The van der Waals surface area contributed by atoms with E-state index in [1.54, 1.807) is 30.5 Å². The molecule has 8 nitrogen and oxygen atoms in total. The van der Waals surface area contributed by atoms with Crippen LogP contribution < -0.4 is 16.7 Å². The van der Waals surface area contributed by atoms with Gasteiger partial charge < -0.3 is 20.9 Å². The summed E-state index contributed by atoms with van der Waals surface area (Å²) in [6.07, 6.45) is 0.596. The summed E-state index contributed by atoms with van der Waals surface area (Å²) < 4.78 is 6.98. The highest BCUT2D eigenvalue weighted by atomic mass is 16.5. The number of hydrogen-bond acceptors (Lipinski definition) is 6. The molecule has 138 valence electrons. The van der Waals surface area contributed by atoms with Crippen molar-refractivity contribution >= 4 is 11.7 Å². The number of aromatic nitrogens is 2. The number of hydrogen-bond donors (Lipinski definition) is 3. The lowest BCUT2D eigenvalue weighted by Crippen LogP contribution is -2.31. The standard InChI is InChI=1S/C18H22N4O4/c1-2-11-10-22(15-8-13(23)14(9-19)26-15)18(25)21-16(11)20-17(24)12-6-4-3-5-7-12/h3-7,10,13-15,23H,2,8-9,19H2,1H3,(H,20,21,24,25)/t13?,14-,15-/m1/s1. The average molecular weight is 358 g/mol. The highest BCUT2D eigenvalue weighted by molar-refractivity contribution is 6.04. The number of aliphatic hydroxyl groups excluding tert-OH is 1. The molecule has 1 aliphatic rings. The number of nitrogens with two attached hydrogens (primary N) is 1. The lowest BCUT2D eigenvalue weighted by molar-refractivity contribution is -0.0151. The minimum absolute atomic E-state index is 0.172. The summed E-state index contributed by atoms with van der Waals surface area (Å²) >= 11 is 0. The van der Waals surface area contributed by atoms with E-state index in [-0.39, 0.29) is 24.7 Å². The maximum absolute atomic E-state index is 12.4. The van der Waals surface area contributed by atoms with Crippen molar-refractivity contribution in [3.8, 4) is 0 Å². The van der Waals surface area contributed by atoms with Gasteiger partial charge in [-0.2, -0.15) is 4.98 Å². The van der Waals surface area contributed by atoms with E-state index >= 15 is 0 Å². The Morgan fingerprint density at radius 2 is 2.15 bits per heavy atom. The quantitative estimate of drug-likeness (QED) is 0.722. The summed E-state index contributed by atoms with van der Waals surface area (Å²) in [5.74, 6) is -0.0998. The van der Waals surface area contributed by atoms with Gasteiger partial charge in [-0.1, -0.05) is 25.1 Å². The second-order valence-corrected chi connectivity index (χ2v) is 6.15. The van der Waals surface area contributed by atoms with Gasteiger partial charge >= 0.3 is 5.69 Å². The van der Waals surface area contributed by atoms with Crippen molar-refractivity contribution in [2.24, 2.45) is 5.73 Å². The van der Waals surface area contributed by atoms with Crippen molar-refractivity contribution in [2.75, 3.05) is 11.9 Å². The number of carbonyl (C=O) groups excluding carboxylic acids is 1. The van der Waals surface area contributed by atoms with E-state index in [2.05, 4.69) is 10.3 Å². The summed E-state index contributed by atoms with van der Waals surface area (Å²) in [7, 11) is 0. The zero-order chi connectivity index (χ0) is 18.7. The van der Waals surface area contributed by atoms with Gasteiger partial charge in [-0.25, -0.2) is 4.79 Å². The Morgan fingerprint density at radius 1 is 1.42 bits per heavy atom. The smallest absolute Gasteiger partial charge is 0.351 e. The third-order valence-corrected chi connectivity index (χ3v) is 4.42. The molecule has 26 heavy (non-hydrogen) atoms. The Bertz CT molecular complexity index is 837. The van der Waals surface area contributed by atoms with Crippen LogP contribution in [0.25, 0.3) is 0 Å². The number of rotatable bonds is 5. The molecule has 3 rings (SSSR count). The van der Waals surface area contributed by atoms with Crippen molar-refractivity contribution < 1.29 is 14.6 Å². The molecule has 1 unspecified atom stereocenters. The molecule has 1 aromatic carbocycles. The summed E-state index contributed by atoms with van der Waals surface area (Å²) in [6, 6.07) is 8.71. The zero-order valence-corrected chi connectivity index (χ0v) is 14.5. The van der Waals surface area contributed by atoms with Gasteiger partial charge in [-0.15, -0.1) is 0 Å². The number of aryl methyl sites for hydroxylation is 1. The van der Waals surface area contributed by atoms with E-state index < -0.39 is 24.1 Å². The van der Waals surface area contributed by atoms with Gasteiger partial charge in [0, 0.05) is 30.3 Å². The maximum atomic E-state index is 12.4. The van der Waals surface area contributed by atoms with Crippen LogP contribution in [0.4, 0.5) is 5.82 Å². The highest BCUT2D eigenvalue weighted by Gasteiger charge is 2.34. The second kappa shape index (κ2) is 7.77. The molecule has 1 fully saturated rings. The van der Waals surface area contributed by atoms with Gasteiger partial charge in [-0.3, -0.25) is 9.36 Å². The third kappa shape index (κ3) is 3.67. The molecule has 1 aliphatic heterocycles. The average Bonchev–Trinajstić information content (AvgIpc) is 3.03. The predicted molar refractivity (Wildman–Crippen MR) is 95.9 cm³/mol. The normalized spacial score (nSPS) is 22.3. The molecule has 2 aromatic rings. The predicted octanol–water partition coefficient (Wildman–Crippen LogP) is 0.665. The summed E-state index contributed by atoms with van der Waals surface area (Å²) in [5, 5.41) is 12.6. The van der Waals surface area contributed by atoms with Crippen molar-refractivity contribution in [2.45, 2.75) is 38.2 Å². The van der Waals surface area contributed by atoms with Crippen molar-refractivity contribution in [3.05, 3.63) is 58.1 Å². The van der Waals surface area contributed by atoms with E-state index in [1.807, 2.05) is 13.0 Å². The first kappa shape index (κ1) is 18.2. The molecule has 8 heteroatoms. The first-order valence-electron chi connectivity index (χ1n) is 8.55. The first-order chi connectivity index (χ1) is 12.5. The number of aliphatic hydroxyl groups is 1. The number of nitrogens with zero attached hydrogens (tertiary/aromatic N) is 2. The molecule has 0 aliphatic carbocycles. The molecule has 0 radical (unpaired) electrons. The zero-order valence-electron chi connectivity index (χ0n) is 14.5. The van der Waals surface area contributed by atoms with Crippen LogP contribution >= 0.6 is 0 Å². The van der Waals surface area contributed by atoms with E-state index in [9.17, 15) is 14.7 Å². The minimum atomic E-state index is -0.723. The van der Waals surface area contributed by atoms with Crippen LogP contribution in [0.15, 0.2) is 41.3 Å². The number of amides is 1.